The Bertz CT molecular complexity index is 729. The van der Waals surface area contributed by atoms with E-state index in [2.05, 4.69) is 42.0 Å². The molecule has 1 fully saturated rings. The van der Waals surface area contributed by atoms with Crippen LogP contribution >= 0.6 is 0 Å². The lowest BCUT2D eigenvalue weighted by molar-refractivity contribution is -0.140. The van der Waals surface area contributed by atoms with Gasteiger partial charge in [-0.2, -0.15) is 13.2 Å². The summed E-state index contributed by atoms with van der Waals surface area (Å²) < 4.78 is 37.4. The van der Waals surface area contributed by atoms with Crippen LogP contribution in [0.5, 0.6) is 0 Å². The Labute approximate surface area is 191 Å². The fraction of sp³-hybridized carbons (Fsp3) is 0.654. The Hall–Kier alpha value is -2.00. The minimum atomic E-state index is -4.13. The number of aliphatic carboxylic acids is 1. The number of hydrogen-bond acceptors (Lipinski definition) is 2. The fourth-order valence-corrected chi connectivity index (χ4v) is 3.81. The third-order valence-electron chi connectivity index (χ3n) is 5.53. The quantitative estimate of drug-likeness (QED) is 0.436. The summed E-state index contributed by atoms with van der Waals surface area (Å²) in [7, 11) is 0. The molecule has 0 amide bonds. The smallest absolute Gasteiger partial charge is 0.389 e. The van der Waals surface area contributed by atoms with Crippen LogP contribution in [0, 0.1) is 23.7 Å². The van der Waals surface area contributed by atoms with E-state index in [-0.39, 0.29) is 30.2 Å². The van der Waals surface area contributed by atoms with Crippen LogP contribution in [0.3, 0.4) is 0 Å². The molecule has 1 aliphatic rings. The number of likely N-dealkylation sites (tertiary alicyclic amines) is 1. The van der Waals surface area contributed by atoms with E-state index in [1.165, 1.54) is 5.56 Å². The molecule has 1 unspecified atom stereocenters. The second kappa shape index (κ2) is 12.9. The van der Waals surface area contributed by atoms with Gasteiger partial charge in [-0.05, 0) is 76.6 Å². The first-order valence-electron chi connectivity index (χ1n) is 11.4. The fourth-order valence-electron chi connectivity index (χ4n) is 3.81. The molecular formula is C26H38F3NO2. The molecule has 0 aliphatic carbocycles. The maximum atomic E-state index is 12.5. The number of terminal acetylenes is 1. The summed E-state index contributed by atoms with van der Waals surface area (Å²) in [6, 6.07) is 8.25. The van der Waals surface area contributed by atoms with E-state index in [4.69, 9.17) is 11.5 Å². The zero-order chi connectivity index (χ0) is 24.4. The van der Waals surface area contributed by atoms with E-state index in [0.717, 1.165) is 24.8 Å². The molecule has 1 aromatic rings. The van der Waals surface area contributed by atoms with Gasteiger partial charge in [0.2, 0.25) is 0 Å². The number of halogens is 3. The van der Waals surface area contributed by atoms with E-state index < -0.39 is 18.6 Å². The molecule has 180 valence electrons. The van der Waals surface area contributed by atoms with Gasteiger partial charge >= 0.3 is 12.1 Å². The van der Waals surface area contributed by atoms with Crippen molar-refractivity contribution >= 4 is 5.97 Å². The lowest BCUT2D eigenvalue weighted by atomic mass is 9.84. The molecular weight excluding hydrogens is 415 g/mol. The van der Waals surface area contributed by atoms with Gasteiger partial charge in [-0.15, -0.1) is 12.3 Å². The molecule has 1 aliphatic heterocycles. The van der Waals surface area contributed by atoms with Crippen LogP contribution in [0.15, 0.2) is 24.3 Å². The first-order valence-corrected chi connectivity index (χ1v) is 11.4. The first-order chi connectivity index (χ1) is 14.8. The highest BCUT2D eigenvalue weighted by molar-refractivity contribution is 5.67. The van der Waals surface area contributed by atoms with Crippen molar-refractivity contribution in [3.05, 3.63) is 35.4 Å². The normalized spacial score (nSPS) is 19.6. The monoisotopic (exact) mass is 453 g/mol. The summed E-state index contributed by atoms with van der Waals surface area (Å²) in [5.74, 6) is 1.87. The number of carboxylic acids is 1. The first kappa shape index (κ1) is 28.0. The van der Waals surface area contributed by atoms with Gasteiger partial charge in [-0.1, -0.05) is 37.6 Å². The zero-order valence-corrected chi connectivity index (χ0v) is 19.8. The lowest BCUT2D eigenvalue weighted by Crippen LogP contribution is -2.38. The molecule has 0 radical (unpaired) electrons. The Balaban J connectivity index is 0.000000751. The van der Waals surface area contributed by atoms with Crippen LogP contribution in [-0.2, 0) is 11.2 Å². The third-order valence-corrected chi connectivity index (χ3v) is 5.53. The van der Waals surface area contributed by atoms with Gasteiger partial charge in [0.15, 0.2) is 0 Å². The molecule has 0 aromatic heterocycles. The van der Waals surface area contributed by atoms with Crippen molar-refractivity contribution in [2.45, 2.75) is 84.9 Å². The van der Waals surface area contributed by atoms with Crippen molar-refractivity contribution in [1.82, 2.24) is 4.90 Å². The van der Waals surface area contributed by atoms with Crippen molar-refractivity contribution in [3.8, 4) is 12.3 Å². The van der Waals surface area contributed by atoms with E-state index in [1.807, 2.05) is 20.8 Å². The van der Waals surface area contributed by atoms with Gasteiger partial charge < -0.3 is 5.11 Å². The van der Waals surface area contributed by atoms with Gasteiger partial charge in [0.05, 0.1) is 0 Å². The van der Waals surface area contributed by atoms with Gasteiger partial charge in [-0.25, -0.2) is 0 Å². The molecule has 1 N–H and O–H groups in total. The highest BCUT2D eigenvalue weighted by Crippen LogP contribution is 2.36. The molecule has 1 saturated heterocycles. The number of piperidine rings is 1. The van der Waals surface area contributed by atoms with E-state index in [1.54, 1.807) is 0 Å². The third kappa shape index (κ3) is 11.6. The maximum Gasteiger partial charge on any atom is 0.389 e. The van der Waals surface area contributed by atoms with E-state index in [0.29, 0.717) is 19.5 Å². The van der Waals surface area contributed by atoms with Gasteiger partial charge in [0.1, 0.15) is 0 Å². The average molecular weight is 454 g/mol. The molecule has 32 heavy (non-hydrogen) atoms. The number of nitrogens with zero attached hydrogens (tertiary/aromatic N) is 1. The van der Waals surface area contributed by atoms with Crippen molar-refractivity contribution < 1.29 is 23.1 Å². The number of benzene rings is 1. The number of rotatable bonds is 8. The molecule has 3 nitrogen and oxygen atoms in total. The summed E-state index contributed by atoms with van der Waals surface area (Å²) in [6.45, 7) is 9.18. The average Bonchev–Trinajstić information content (AvgIpc) is 2.68. The van der Waals surface area contributed by atoms with Crippen LogP contribution in [0.4, 0.5) is 13.2 Å². The molecule has 0 saturated carbocycles. The van der Waals surface area contributed by atoms with Gasteiger partial charge in [-0.3, -0.25) is 9.69 Å². The number of alkyl halides is 3. The Morgan fingerprint density at radius 3 is 2.28 bits per heavy atom. The van der Waals surface area contributed by atoms with Crippen molar-refractivity contribution in [2.75, 3.05) is 13.1 Å². The SMILES string of the molecule is C#CC(C)(C)C.CCCc1ccc(C2C[C@H](CC(=O)O)CCN2CCCC(F)(F)F)cc1. The predicted octanol–water partition coefficient (Wildman–Crippen LogP) is 6.88. The molecule has 1 heterocycles. The zero-order valence-electron chi connectivity index (χ0n) is 19.8. The maximum absolute atomic E-state index is 12.5. The molecule has 6 heteroatoms. The molecule has 2 rings (SSSR count). The number of aryl methyl sites for hydroxylation is 1. The summed E-state index contributed by atoms with van der Waals surface area (Å²) in [6.07, 6.45) is 3.84. The van der Waals surface area contributed by atoms with E-state index in [9.17, 15) is 18.0 Å². The number of hydrogen-bond donors (Lipinski definition) is 1. The largest absolute Gasteiger partial charge is 0.481 e. The van der Waals surface area contributed by atoms with E-state index >= 15 is 0 Å². The molecule has 2 atom stereocenters. The minimum Gasteiger partial charge on any atom is -0.481 e. The summed E-state index contributed by atoms with van der Waals surface area (Å²) in [4.78, 5) is 13.1. The highest BCUT2D eigenvalue weighted by atomic mass is 19.4. The summed E-state index contributed by atoms with van der Waals surface area (Å²) >= 11 is 0. The summed E-state index contributed by atoms with van der Waals surface area (Å²) in [5, 5.41) is 9.08. The van der Waals surface area contributed by atoms with Gasteiger partial charge in [0, 0.05) is 24.3 Å². The van der Waals surface area contributed by atoms with Crippen molar-refractivity contribution in [1.29, 1.82) is 0 Å². The number of carboxylic acid groups (broad SMARTS) is 1. The topological polar surface area (TPSA) is 40.5 Å². The van der Waals surface area contributed by atoms with Crippen LogP contribution in [0.2, 0.25) is 0 Å². The predicted molar refractivity (Wildman–Crippen MR) is 123 cm³/mol. The van der Waals surface area contributed by atoms with Crippen molar-refractivity contribution in [2.24, 2.45) is 11.3 Å². The number of carbonyl (C=O) groups is 1. The Morgan fingerprint density at radius 2 is 1.81 bits per heavy atom. The van der Waals surface area contributed by atoms with Crippen LogP contribution in [0.25, 0.3) is 0 Å². The van der Waals surface area contributed by atoms with Gasteiger partial charge in [0.25, 0.3) is 0 Å². The molecule has 0 spiro atoms. The Kier molecular flexibility index (Phi) is 11.3. The van der Waals surface area contributed by atoms with Crippen molar-refractivity contribution in [3.63, 3.8) is 0 Å². The molecule has 0 bridgehead atoms. The highest BCUT2D eigenvalue weighted by Gasteiger charge is 2.32. The second-order valence-corrected chi connectivity index (χ2v) is 9.64. The van der Waals surface area contributed by atoms with Crippen LogP contribution in [0.1, 0.15) is 83.4 Å². The van der Waals surface area contributed by atoms with Crippen LogP contribution in [-0.4, -0.2) is 35.2 Å². The second-order valence-electron chi connectivity index (χ2n) is 9.64. The standard InChI is InChI=1S/C20H28F3NO2.C6H10/c1-2-4-15-5-7-17(8-6-15)18-13-16(14-19(25)26)9-12-24(18)11-3-10-20(21,22)23;1-5-6(2,3)4/h5-8,16,18H,2-4,9-14H2,1H3,(H,25,26);1H,2-4H3/t16-,18?;/m1./s1. The van der Waals surface area contributed by atoms with Crippen LogP contribution < -0.4 is 0 Å². The molecule has 1 aromatic carbocycles. The minimum absolute atomic E-state index is 0.00277. The summed E-state index contributed by atoms with van der Waals surface area (Å²) in [5.41, 5.74) is 2.39. The lowest BCUT2D eigenvalue weighted by Gasteiger charge is -2.39. The Morgan fingerprint density at radius 1 is 1.22 bits per heavy atom.